The number of hydrogen-bond acceptors (Lipinski definition) is 4. The van der Waals surface area contributed by atoms with Gasteiger partial charge in [0, 0.05) is 29.4 Å². The number of halogens is 1. The Morgan fingerprint density at radius 1 is 1.30 bits per heavy atom. The second-order valence-corrected chi connectivity index (χ2v) is 6.28. The highest BCUT2D eigenvalue weighted by Crippen LogP contribution is 2.34. The highest BCUT2D eigenvalue weighted by molar-refractivity contribution is 7.21. The van der Waals surface area contributed by atoms with Crippen LogP contribution in [0.1, 0.15) is 9.67 Å². The first kappa shape index (κ1) is 15.5. The van der Waals surface area contributed by atoms with Gasteiger partial charge >= 0.3 is 0 Å². The Bertz CT molecular complexity index is 887. The largest absolute Gasteiger partial charge is 0.342 e. The van der Waals surface area contributed by atoms with Gasteiger partial charge in [-0.25, -0.2) is 0 Å². The number of carbonyl (C=O) groups is 2. The molecule has 2 amide bonds. The van der Waals surface area contributed by atoms with Crippen LogP contribution in [-0.2, 0) is 11.8 Å². The van der Waals surface area contributed by atoms with E-state index in [0.717, 1.165) is 10.1 Å². The molecule has 0 fully saturated rings. The Morgan fingerprint density at radius 2 is 2.09 bits per heavy atom. The minimum absolute atomic E-state index is 0.153. The van der Waals surface area contributed by atoms with Crippen molar-refractivity contribution in [3.8, 4) is 0 Å². The zero-order valence-electron chi connectivity index (χ0n) is 12.2. The summed E-state index contributed by atoms with van der Waals surface area (Å²) in [6.07, 6.45) is 1.71. The number of aromatic nitrogens is 2. The van der Waals surface area contributed by atoms with E-state index in [0.29, 0.717) is 15.7 Å². The van der Waals surface area contributed by atoms with Crippen molar-refractivity contribution < 1.29 is 9.59 Å². The van der Waals surface area contributed by atoms with E-state index in [4.69, 9.17) is 11.6 Å². The fourth-order valence-electron chi connectivity index (χ4n) is 2.07. The monoisotopic (exact) mass is 348 g/mol. The van der Waals surface area contributed by atoms with Crippen molar-refractivity contribution in [3.63, 3.8) is 0 Å². The average molecular weight is 349 g/mol. The van der Waals surface area contributed by atoms with Gasteiger partial charge in [0.25, 0.3) is 5.91 Å². The van der Waals surface area contributed by atoms with Gasteiger partial charge < -0.3 is 10.6 Å². The van der Waals surface area contributed by atoms with Gasteiger partial charge in [-0.3, -0.25) is 14.3 Å². The van der Waals surface area contributed by atoms with Crippen LogP contribution in [0.5, 0.6) is 0 Å². The van der Waals surface area contributed by atoms with Crippen LogP contribution in [0.2, 0.25) is 5.02 Å². The van der Waals surface area contributed by atoms with Crippen molar-refractivity contribution in [3.05, 3.63) is 46.4 Å². The van der Waals surface area contributed by atoms with Crippen LogP contribution in [0.4, 0.5) is 5.82 Å². The number of carbonyl (C=O) groups excluding carboxylic acids is 2. The molecular formula is C15H13ClN4O2S. The molecule has 2 aromatic heterocycles. The van der Waals surface area contributed by atoms with Crippen molar-refractivity contribution in [2.45, 2.75) is 0 Å². The normalized spacial score (nSPS) is 10.7. The fourth-order valence-corrected chi connectivity index (χ4v) is 3.50. The third kappa shape index (κ3) is 3.35. The molecule has 8 heteroatoms. The quantitative estimate of drug-likeness (QED) is 0.761. The van der Waals surface area contributed by atoms with Gasteiger partial charge in [0.15, 0.2) is 5.82 Å². The lowest BCUT2D eigenvalue weighted by atomic mass is 10.2. The summed E-state index contributed by atoms with van der Waals surface area (Å²) in [4.78, 5) is 24.4. The molecule has 0 aliphatic rings. The van der Waals surface area contributed by atoms with Gasteiger partial charge in [0.05, 0.1) is 11.6 Å². The van der Waals surface area contributed by atoms with Crippen molar-refractivity contribution in [2.24, 2.45) is 7.05 Å². The Hall–Kier alpha value is -2.38. The molecule has 0 radical (unpaired) electrons. The van der Waals surface area contributed by atoms with Crippen molar-refractivity contribution in [1.82, 2.24) is 15.1 Å². The zero-order valence-corrected chi connectivity index (χ0v) is 13.7. The summed E-state index contributed by atoms with van der Waals surface area (Å²) in [7, 11) is 1.75. The summed E-state index contributed by atoms with van der Waals surface area (Å²) in [5, 5.41) is 10.4. The topological polar surface area (TPSA) is 76.0 Å². The first-order valence-electron chi connectivity index (χ1n) is 6.79. The van der Waals surface area contributed by atoms with Crippen LogP contribution < -0.4 is 10.6 Å². The van der Waals surface area contributed by atoms with Crippen LogP contribution in [0.3, 0.4) is 0 Å². The molecule has 3 rings (SSSR count). The third-order valence-corrected chi connectivity index (χ3v) is 4.81. The molecule has 0 aliphatic carbocycles. The van der Waals surface area contributed by atoms with E-state index in [-0.39, 0.29) is 18.4 Å². The second-order valence-electron chi connectivity index (χ2n) is 4.85. The molecule has 2 N–H and O–H groups in total. The van der Waals surface area contributed by atoms with Crippen molar-refractivity contribution >= 4 is 50.7 Å². The van der Waals surface area contributed by atoms with Crippen molar-refractivity contribution in [2.75, 3.05) is 11.9 Å². The lowest BCUT2D eigenvalue weighted by Crippen LogP contribution is -2.32. The van der Waals surface area contributed by atoms with Gasteiger partial charge in [0.1, 0.15) is 4.88 Å². The predicted octanol–water partition coefficient (Wildman–Crippen LogP) is 2.66. The summed E-state index contributed by atoms with van der Waals surface area (Å²) in [5.41, 5.74) is 0. The molecular weight excluding hydrogens is 336 g/mol. The molecule has 0 atom stereocenters. The van der Waals surface area contributed by atoms with Crippen LogP contribution in [-0.4, -0.2) is 28.1 Å². The number of fused-ring (bicyclic) bond motifs is 1. The number of thiophene rings is 1. The van der Waals surface area contributed by atoms with Crippen molar-refractivity contribution in [1.29, 1.82) is 0 Å². The number of nitrogens with one attached hydrogen (secondary N) is 2. The number of benzene rings is 1. The summed E-state index contributed by atoms with van der Waals surface area (Å²) in [6, 6.07) is 9.18. The minimum atomic E-state index is -0.368. The molecule has 2 heterocycles. The molecule has 0 saturated heterocycles. The predicted molar refractivity (Wildman–Crippen MR) is 91.0 cm³/mol. The highest BCUT2D eigenvalue weighted by Gasteiger charge is 2.17. The number of amides is 2. The molecule has 6 nitrogen and oxygen atoms in total. The maximum Gasteiger partial charge on any atom is 0.263 e. The molecule has 0 unspecified atom stereocenters. The van der Waals surface area contributed by atoms with E-state index < -0.39 is 0 Å². The Labute approximate surface area is 141 Å². The Balaban J connectivity index is 1.64. The van der Waals surface area contributed by atoms with Crippen LogP contribution in [0.15, 0.2) is 36.5 Å². The van der Waals surface area contributed by atoms with Gasteiger partial charge in [-0.1, -0.05) is 29.8 Å². The van der Waals surface area contributed by atoms with Crippen LogP contribution in [0.25, 0.3) is 10.1 Å². The summed E-state index contributed by atoms with van der Waals surface area (Å²) in [5.74, 6) is -0.284. The van der Waals surface area contributed by atoms with Gasteiger partial charge in [-0.15, -0.1) is 11.3 Å². The van der Waals surface area contributed by atoms with Gasteiger partial charge in [-0.05, 0) is 6.07 Å². The molecule has 0 spiro atoms. The van der Waals surface area contributed by atoms with E-state index in [1.54, 1.807) is 24.0 Å². The molecule has 23 heavy (non-hydrogen) atoms. The number of aryl methyl sites for hydroxylation is 1. The maximum absolute atomic E-state index is 12.2. The van der Waals surface area contributed by atoms with Crippen LogP contribution >= 0.6 is 22.9 Å². The molecule has 0 saturated carbocycles. The van der Waals surface area contributed by atoms with E-state index >= 15 is 0 Å². The average Bonchev–Trinajstić information content (AvgIpc) is 3.09. The summed E-state index contributed by atoms with van der Waals surface area (Å²) in [6.45, 7) is -0.153. The number of hydrogen-bond donors (Lipinski definition) is 2. The first-order valence-corrected chi connectivity index (χ1v) is 7.99. The first-order chi connectivity index (χ1) is 11.0. The van der Waals surface area contributed by atoms with Gasteiger partial charge in [0.2, 0.25) is 5.91 Å². The zero-order chi connectivity index (χ0) is 16.4. The molecule has 0 bridgehead atoms. The molecule has 0 aliphatic heterocycles. The van der Waals surface area contributed by atoms with Crippen LogP contribution in [0, 0.1) is 0 Å². The standard InChI is InChI=1S/C15H13ClN4O2S/c1-20-7-6-11(19-20)18-12(21)8-17-15(22)14-13(16)9-4-2-3-5-10(9)23-14/h2-7H,8H2,1H3,(H,17,22)(H,18,19,21). The third-order valence-electron chi connectivity index (χ3n) is 3.13. The number of nitrogens with zero attached hydrogens (tertiary/aromatic N) is 2. The summed E-state index contributed by atoms with van der Waals surface area (Å²) < 4.78 is 2.51. The van der Waals surface area contributed by atoms with E-state index in [1.807, 2.05) is 24.3 Å². The Morgan fingerprint density at radius 3 is 2.78 bits per heavy atom. The summed E-state index contributed by atoms with van der Waals surface area (Å²) >= 11 is 7.54. The second kappa shape index (κ2) is 6.39. The number of rotatable bonds is 4. The lowest BCUT2D eigenvalue weighted by Gasteiger charge is -2.04. The van der Waals surface area contributed by atoms with E-state index in [9.17, 15) is 9.59 Å². The fraction of sp³-hybridized carbons (Fsp3) is 0.133. The van der Waals surface area contributed by atoms with E-state index in [1.165, 1.54) is 11.3 Å². The molecule has 1 aromatic carbocycles. The molecule has 118 valence electrons. The van der Waals surface area contributed by atoms with Gasteiger partial charge in [-0.2, -0.15) is 5.10 Å². The highest BCUT2D eigenvalue weighted by atomic mass is 35.5. The molecule has 3 aromatic rings. The maximum atomic E-state index is 12.2. The minimum Gasteiger partial charge on any atom is -0.342 e. The smallest absolute Gasteiger partial charge is 0.263 e. The SMILES string of the molecule is Cn1ccc(NC(=O)CNC(=O)c2sc3ccccc3c2Cl)n1. The van der Waals surface area contributed by atoms with E-state index in [2.05, 4.69) is 15.7 Å². The Kier molecular flexibility index (Phi) is 4.31. The number of anilines is 1. The lowest BCUT2D eigenvalue weighted by molar-refractivity contribution is -0.115.